The van der Waals surface area contributed by atoms with Gasteiger partial charge in [0.25, 0.3) is 0 Å². The number of hydrogen-bond acceptors (Lipinski definition) is 4. The molecule has 88 valence electrons. The summed E-state index contributed by atoms with van der Waals surface area (Å²) in [6, 6.07) is 0. The molecule has 0 saturated carbocycles. The van der Waals surface area contributed by atoms with Gasteiger partial charge in [0.05, 0.1) is 18.5 Å². The highest BCUT2D eigenvalue weighted by molar-refractivity contribution is 6.29. The Labute approximate surface area is 101 Å². The van der Waals surface area contributed by atoms with E-state index < -0.39 is 0 Å². The van der Waals surface area contributed by atoms with Gasteiger partial charge in [0, 0.05) is 19.7 Å². The molecule has 1 saturated heterocycles. The van der Waals surface area contributed by atoms with Crippen LogP contribution in [0.3, 0.4) is 0 Å². The lowest BCUT2D eigenvalue weighted by atomic mass is 10.1. The normalized spacial score (nSPS) is 17.8. The van der Waals surface area contributed by atoms with E-state index in [0.717, 1.165) is 38.4 Å². The molecular weight excluding hydrogens is 226 g/mol. The minimum atomic E-state index is 0.397. The van der Waals surface area contributed by atoms with E-state index in [0.29, 0.717) is 11.3 Å². The number of hydrogen-bond donors (Lipinski definition) is 0. The molecule has 1 aliphatic rings. The number of piperidine rings is 1. The summed E-state index contributed by atoms with van der Waals surface area (Å²) >= 11 is 5.82. The Kier molecular flexibility index (Phi) is 3.96. The van der Waals surface area contributed by atoms with Crippen LogP contribution in [0, 0.1) is 0 Å². The second kappa shape index (κ2) is 5.46. The smallest absolute Gasteiger partial charge is 0.149 e. The van der Waals surface area contributed by atoms with Gasteiger partial charge in [-0.25, -0.2) is 4.98 Å². The van der Waals surface area contributed by atoms with Crippen LogP contribution in [0.15, 0.2) is 12.4 Å². The summed E-state index contributed by atoms with van der Waals surface area (Å²) in [6.07, 6.45) is 5.79. The van der Waals surface area contributed by atoms with Crippen LogP contribution in [0.2, 0.25) is 5.15 Å². The van der Waals surface area contributed by atoms with Gasteiger partial charge in [-0.3, -0.25) is 4.98 Å². The molecule has 0 N–H and O–H groups in total. The lowest BCUT2D eigenvalue weighted by Gasteiger charge is -2.32. The molecule has 2 heterocycles. The zero-order chi connectivity index (χ0) is 11.4. The van der Waals surface area contributed by atoms with Crippen molar-refractivity contribution in [2.75, 3.05) is 24.6 Å². The van der Waals surface area contributed by atoms with E-state index in [1.807, 2.05) is 6.92 Å². The number of aromatic nitrogens is 2. The van der Waals surface area contributed by atoms with Crippen molar-refractivity contribution < 1.29 is 4.74 Å². The summed E-state index contributed by atoms with van der Waals surface area (Å²) in [6.45, 7) is 4.75. The molecule has 16 heavy (non-hydrogen) atoms. The first-order valence-corrected chi connectivity index (χ1v) is 6.01. The maximum absolute atomic E-state index is 5.82. The van der Waals surface area contributed by atoms with Crippen LogP contribution in [0.1, 0.15) is 19.8 Å². The topological polar surface area (TPSA) is 38.2 Å². The molecule has 4 nitrogen and oxygen atoms in total. The van der Waals surface area contributed by atoms with Gasteiger partial charge < -0.3 is 9.64 Å². The summed E-state index contributed by atoms with van der Waals surface area (Å²) in [5.74, 6) is 0.863. The Bertz CT molecular complexity index is 340. The van der Waals surface area contributed by atoms with E-state index in [9.17, 15) is 0 Å². The highest BCUT2D eigenvalue weighted by Gasteiger charge is 2.20. The molecule has 2 rings (SSSR count). The molecule has 0 aliphatic carbocycles. The minimum absolute atomic E-state index is 0.397. The van der Waals surface area contributed by atoms with Gasteiger partial charge in [0.15, 0.2) is 0 Å². The summed E-state index contributed by atoms with van der Waals surface area (Å²) in [4.78, 5) is 10.5. The molecule has 0 unspecified atom stereocenters. The first kappa shape index (κ1) is 11.6. The molecule has 0 bridgehead atoms. The molecule has 1 fully saturated rings. The Hall–Kier alpha value is -0.870. The van der Waals surface area contributed by atoms with Crippen LogP contribution in [0.5, 0.6) is 0 Å². The third-order valence-electron chi connectivity index (χ3n) is 2.76. The third-order valence-corrected chi connectivity index (χ3v) is 2.94. The SMILES string of the molecule is CCOC1CCN(c2cncc(Cl)n2)CC1. The fraction of sp³-hybridized carbons (Fsp3) is 0.636. The Balaban J connectivity index is 1.94. The van der Waals surface area contributed by atoms with Crippen molar-refractivity contribution in [1.29, 1.82) is 0 Å². The van der Waals surface area contributed by atoms with E-state index >= 15 is 0 Å². The van der Waals surface area contributed by atoms with Gasteiger partial charge in [-0.05, 0) is 19.8 Å². The van der Waals surface area contributed by atoms with Crippen LogP contribution in [-0.4, -0.2) is 35.8 Å². The van der Waals surface area contributed by atoms with E-state index in [1.54, 1.807) is 12.4 Å². The number of rotatable bonds is 3. The van der Waals surface area contributed by atoms with Gasteiger partial charge in [-0.2, -0.15) is 0 Å². The summed E-state index contributed by atoms with van der Waals surface area (Å²) in [5, 5.41) is 0.449. The summed E-state index contributed by atoms with van der Waals surface area (Å²) < 4.78 is 5.60. The molecule has 0 aromatic carbocycles. The fourth-order valence-electron chi connectivity index (χ4n) is 1.97. The largest absolute Gasteiger partial charge is 0.378 e. The van der Waals surface area contributed by atoms with Gasteiger partial charge >= 0.3 is 0 Å². The van der Waals surface area contributed by atoms with Crippen molar-refractivity contribution in [3.05, 3.63) is 17.5 Å². The van der Waals surface area contributed by atoms with Crippen molar-refractivity contribution in [3.8, 4) is 0 Å². The maximum Gasteiger partial charge on any atom is 0.149 e. The summed E-state index contributed by atoms with van der Waals surface area (Å²) in [7, 11) is 0. The molecular formula is C11H16ClN3O. The number of ether oxygens (including phenoxy) is 1. The Morgan fingerprint density at radius 1 is 1.44 bits per heavy atom. The van der Waals surface area contributed by atoms with Gasteiger partial charge in [-0.1, -0.05) is 11.6 Å². The van der Waals surface area contributed by atoms with Crippen LogP contribution in [0.4, 0.5) is 5.82 Å². The number of nitrogens with zero attached hydrogens (tertiary/aromatic N) is 3. The predicted octanol–water partition coefficient (Wildman–Crippen LogP) is 2.14. The zero-order valence-electron chi connectivity index (χ0n) is 9.40. The molecule has 1 aliphatic heterocycles. The Morgan fingerprint density at radius 3 is 2.81 bits per heavy atom. The molecule has 5 heteroatoms. The van der Waals surface area contributed by atoms with Crippen molar-refractivity contribution in [2.45, 2.75) is 25.9 Å². The summed E-state index contributed by atoms with van der Waals surface area (Å²) in [5.41, 5.74) is 0. The first-order chi connectivity index (χ1) is 7.79. The first-order valence-electron chi connectivity index (χ1n) is 5.63. The minimum Gasteiger partial charge on any atom is -0.378 e. The molecule has 0 atom stereocenters. The predicted molar refractivity (Wildman–Crippen MR) is 63.9 cm³/mol. The third kappa shape index (κ3) is 2.83. The van der Waals surface area contributed by atoms with Crippen molar-refractivity contribution in [1.82, 2.24) is 9.97 Å². The van der Waals surface area contributed by atoms with Gasteiger partial charge in [0.1, 0.15) is 11.0 Å². The Morgan fingerprint density at radius 2 is 2.19 bits per heavy atom. The van der Waals surface area contributed by atoms with Gasteiger partial charge in [0.2, 0.25) is 0 Å². The van der Waals surface area contributed by atoms with E-state index in [1.165, 1.54) is 0 Å². The average molecular weight is 242 g/mol. The van der Waals surface area contributed by atoms with Crippen molar-refractivity contribution in [2.24, 2.45) is 0 Å². The molecule has 1 aromatic heterocycles. The fourth-order valence-corrected chi connectivity index (χ4v) is 2.12. The van der Waals surface area contributed by atoms with E-state index in [-0.39, 0.29) is 0 Å². The molecule has 0 amide bonds. The van der Waals surface area contributed by atoms with Crippen molar-refractivity contribution >= 4 is 17.4 Å². The van der Waals surface area contributed by atoms with Gasteiger partial charge in [-0.15, -0.1) is 0 Å². The molecule has 1 aromatic rings. The lowest BCUT2D eigenvalue weighted by molar-refractivity contribution is 0.0458. The van der Waals surface area contributed by atoms with E-state index in [4.69, 9.17) is 16.3 Å². The molecule has 0 radical (unpaired) electrons. The average Bonchev–Trinajstić information content (AvgIpc) is 2.30. The van der Waals surface area contributed by atoms with Crippen molar-refractivity contribution in [3.63, 3.8) is 0 Å². The zero-order valence-corrected chi connectivity index (χ0v) is 10.2. The monoisotopic (exact) mass is 241 g/mol. The maximum atomic E-state index is 5.82. The van der Waals surface area contributed by atoms with Crippen LogP contribution >= 0.6 is 11.6 Å². The highest BCUT2D eigenvalue weighted by atomic mass is 35.5. The van der Waals surface area contributed by atoms with Crippen LogP contribution in [-0.2, 0) is 4.74 Å². The standard InChI is InChI=1S/C11H16ClN3O/c1-2-16-9-3-5-15(6-4-9)11-8-13-7-10(12)14-11/h7-9H,2-6H2,1H3. The second-order valence-electron chi connectivity index (χ2n) is 3.84. The van der Waals surface area contributed by atoms with Crippen LogP contribution < -0.4 is 4.90 Å². The van der Waals surface area contributed by atoms with E-state index in [2.05, 4.69) is 14.9 Å². The highest BCUT2D eigenvalue weighted by Crippen LogP contribution is 2.19. The number of anilines is 1. The molecule has 0 spiro atoms. The number of halogens is 1. The second-order valence-corrected chi connectivity index (χ2v) is 4.23. The lowest BCUT2D eigenvalue weighted by Crippen LogP contribution is -2.37. The quantitative estimate of drug-likeness (QED) is 0.813. The van der Waals surface area contributed by atoms with Crippen LogP contribution in [0.25, 0.3) is 0 Å².